The zero-order chi connectivity index (χ0) is 20.0. The number of methoxy groups -OCH3 is 1. The van der Waals surface area contributed by atoms with Crippen LogP contribution in [-0.4, -0.2) is 30.5 Å². The first-order valence-corrected chi connectivity index (χ1v) is 11.1. The zero-order valence-electron chi connectivity index (χ0n) is 15.9. The summed E-state index contributed by atoms with van der Waals surface area (Å²) in [4.78, 5) is 3.70. The predicted molar refractivity (Wildman–Crippen MR) is 115 cm³/mol. The third kappa shape index (κ3) is 3.37. The van der Waals surface area contributed by atoms with Gasteiger partial charge in [0.1, 0.15) is 0 Å². The highest BCUT2D eigenvalue weighted by Gasteiger charge is 2.31. The maximum absolute atomic E-state index is 10.4. The first-order chi connectivity index (χ1) is 14.1. The fraction of sp³-hybridized carbons (Fsp3) is 0.273. The second kappa shape index (κ2) is 7.55. The molecular formula is C22H20BrNO4S. The Labute approximate surface area is 181 Å². The number of hydrogen-bond donors (Lipinski definition) is 1. The van der Waals surface area contributed by atoms with Crippen LogP contribution in [-0.2, 0) is 13.0 Å². The highest BCUT2D eigenvalue weighted by Crippen LogP contribution is 2.44. The van der Waals surface area contributed by atoms with Gasteiger partial charge in [-0.3, -0.25) is 4.90 Å². The molecule has 1 N–H and O–H groups in total. The Kier molecular flexibility index (Phi) is 4.89. The highest BCUT2D eigenvalue weighted by atomic mass is 79.9. The fourth-order valence-electron chi connectivity index (χ4n) is 4.10. The van der Waals surface area contributed by atoms with E-state index in [-0.39, 0.29) is 18.6 Å². The molecule has 0 radical (unpaired) electrons. The van der Waals surface area contributed by atoms with Crippen LogP contribution in [0, 0.1) is 0 Å². The van der Waals surface area contributed by atoms with Crippen molar-refractivity contribution in [1.82, 2.24) is 4.90 Å². The Morgan fingerprint density at radius 3 is 2.83 bits per heavy atom. The van der Waals surface area contributed by atoms with Gasteiger partial charge >= 0.3 is 0 Å². The number of halogens is 1. The van der Waals surface area contributed by atoms with Gasteiger partial charge in [0.25, 0.3) is 0 Å². The monoisotopic (exact) mass is 473 g/mol. The van der Waals surface area contributed by atoms with E-state index in [1.807, 2.05) is 18.2 Å². The third-order valence-corrected chi connectivity index (χ3v) is 7.16. The second-order valence-corrected chi connectivity index (χ2v) is 8.99. The summed E-state index contributed by atoms with van der Waals surface area (Å²) in [6.07, 6.45) is 0.899. The first kappa shape index (κ1) is 18.8. The molecule has 0 aliphatic carbocycles. The van der Waals surface area contributed by atoms with Crippen molar-refractivity contribution in [2.24, 2.45) is 0 Å². The molecule has 3 heterocycles. The maximum Gasteiger partial charge on any atom is 0.231 e. The minimum absolute atomic E-state index is 0.0767. The van der Waals surface area contributed by atoms with Crippen molar-refractivity contribution in [2.45, 2.75) is 19.0 Å². The number of nitrogens with zero attached hydrogens (tertiary/aromatic N) is 1. The van der Waals surface area contributed by atoms with Crippen molar-refractivity contribution in [2.75, 3.05) is 20.4 Å². The number of fused-ring (bicyclic) bond motifs is 2. The lowest BCUT2D eigenvalue weighted by Gasteiger charge is -2.37. The van der Waals surface area contributed by atoms with E-state index in [4.69, 9.17) is 14.2 Å². The minimum atomic E-state index is 0.0767. The Hall–Kier alpha value is -2.22. The van der Waals surface area contributed by atoms with Crippen molar-refractivity contribution < 1.29 is 19.3 Å². The number of thiophene rings is 1. The van der Waals surface area contributed by atoms with Gasteiger partial charge in [0, 0.05) is 22.4 Å². The molecule has 1 atom stereocenters. The number of rotatable bonds is 4. The van der Waals surface area contributed by atoms with E-state index in [1.54, 1.807) is 18.4 Å². The topological polar surface area (TPSA) is 51.2 Å². The summed E-state index contributed by atoms with van der Waals surface area (Å²) in [6.45, 7) is 1.93. The summed E-state index contributed by atoms with van der Waals surface area (Å²) in [5, 5.41) is 12.5. The van der Waals surface area contributed by atoms with Crippen LogP contribution < -0.4 is 14.2 Å². The number of ether oxygens (including phenoxy) is 3. The van der Waals surface area contributed by atoms with Crippen LogP contribution in [0.5, 0.6) is 23.0 Å². The standard InChI is InChI=1S/C22H20BrNO4S/c1-26-18-7-13-4-5-24(11-14-8-19-20(10-16(14)23)28-12-27-19)22(15(13)9-17(18)25)21-3-2-6-29-21/h2-3,6-10,22,25H,4-5,11-12H2,1H3. The van der Waals surface area contributed by atoms with Gasteiger partial charge in [-0.05, 0) is 58.8 Å². The molecule has 0 spiro atoms. The van der Waals surface area contributed by atoms with E-state index < -0.39 is 0 Å². The Morgan fingerprint density at radius 1 is 1.24 bits per heavy atom. The van der Waals surface area contributed by atoms with Gasteiger partial charge in [0.05, 0.1) is 13.2 Å². The number of phenols is 1. The second-order valence-electron chi connectivity index (χ2n) is 7.16. The van der Waals surface area contributed by atoms with Gasteiger partial charge in [-0.1, -0.05) is 22.0 Å². The molecular weight excluding hydrogens is 454 g/mol. The molecule has 2 aliphatic rings. The lowest BCUT2D eigenvalue weighted by atomic mass is 9.90. The van der Waals surface area contributed by atoms with Crippen molar-refractivity contribution in [3.05, 3.63) is 67.8 Å². The van der Waals surface area contributed by atoms with Crippen LogP contribution in [0.4, 0.5) is 0 Å². The molecule has 2 aromatic carbocycles. The molecule has 7 heteroatoms. The van der Waals surface area contributed by atoms with Crippen LogP contribution in [0.15, 0.2) is 46.3 Å². The van der Waals surface area contributed by atoms with Crippen LogP contribution in [0.1, 0.15) is 27.6 Å². The highest BCUT2D eigenvalue weighted by molar-refractivity contribution is 9.10. The SMILES string of the molecule is COc1cc2c(cc1O)C(c1cccs1)N(Cc1cc3c(cc1Br)OCO3)CC2. The molecule has 0 amide bonds. The van der Waals surface area contributed by atoms with Gasteiger partial charge in [-0.15, -0.1) is 11.3 Å². The van der Waals surface area contributed by atoms with E-state index in [9.17, 15) is 5.11 Å². The van der Waals surface area contributed by atoms with Crippen LogP contribution in [0.25, 0.3) is 0 Å². The lowest BCUT2D eigenvalue weighted by Crippen LogP contribution is -2.35. The summed E-state index contributed by atoms with van der Waals surface area (Å²) >= 11 is 5.43. The number of aromatic hydroxyl groups is 1. The van der Waals surface area contributed by atoms with E-state index in [2.05, 4.69) is 44.4 Å². The van der Waals surface area contributed by atoms with Gasteiger partial charge in [0.2, 0.25) is 6.79 Å². The van der Waals surface area contributed by atoms with Crippen molar-refractivity contribution in [1.29, 1.82) is 0 Å². The first-order valence-electron chi connectivity index (χ1n) is 9.39. The molecule has 1 aromatic heterocycles. The van der Waals surface area contributed by atoms with Gasteiger partial charge in [-0.25, -0.2) is 0 Å². The average Bonchev–Trinajstić information content (AvgIpc) is 3.39. The molecule has 0 fully saturated rings. The molecule has 2 aliphatic heterocycles. The molecule has 0 saturated carbocycles. The smallest absolute Gasteiger partial charge is 0.231 e. The summed E-state index contributed by atoms with van der Waals surface area (Å²) in [5.74, 6) is 2.27. The van der Waals surface area contributed by atoms with Gasteiger partial charge < -0.3 is 19.3 Å². The van der Waals surface area contributed by atoms with E-state index in [0.29, 0.717) is 5.75 Å². The summed E-state index contributed by atoms with van der Waals surface area (Å²) in [7, 11) is 1.59. The molecule has 0 bridgehead atoms. The van der Waals surface area contributed by atoms with Crippen molar-refractivity contribution >= 4 is 27.3 Å². The molecule has 5 rings (SSSR count). The average molecular weight is 474 g/mol. The number of hydrogen-bond acceptors (Lipinski definition) is 6. The Bertz CT molecular complexity index is 1050. The fourth-order valence-corrected chi connectivity index (χ4v) is 5.42. The van der Waals surface area contributed by atoms with E-state index in [0.717, 1.165) is 46.6 Å². The molecule has 5 nitrogen and oxygen atoms in total. The summed E-state index contributed by atoms with van der Waals surface area (Å²) in [6, 6.07) is 12.2. The van der Waals surface area contributed by atoms with Crippen molar-refractivity contribution in [3.8, 4) is 23.0 Å². The molecule has 1 unspecified atom stereocenters. The van der Waals surface area contributed by atoms with E-state index in [1.165, 1.54) is 10.4 Å². The van der Waals surface area contributed by atoms with Crippen molar-refractivity contribution in [3.63, 3.8) is 0 Å². The van der Waals surface area contributed by atoms with E-state index >= 15 is 0 Å². The largest absolute Gasteiger partial charge is 0.504 e. The number of benzene rings is 2. The van der Waals surface area contributed by atoms with Gasteiger partial charge in [0.15, 0.2) is 23.0 Å². The molecule has 0 saturated heterocycles. The summed E-state index contributed by atoms with van der Waals surface area (Å²) < 4.78 is 17.4. The quantitative estimate of drug-likeness (QED) is 0.570. The van der Waals surface area contributed by atoms with Crippen LogP contribution >= 0.6 is 27.3 Å². The maximum atomic E-state index is 10.4. The normalized spacial score (nSPS) is 17.9. The van der Waals surface area contributed by atoms with Crippen LogP contribution in [0.2, 0.25) is 0 Å². The van der Waals surface area contributed by atoms with Gasteiger partial charge in [-0.2, -0.15) is 0 Å². The Balaban J connectivity index is 1.54. The van der Waals surface area contributed by atoms with Crippen LogP contribution in [0.3, 0.4) is 0 Å². The zero-order valence-corrected chi connectivity index (χ0v) is 18.3. The summed E-state index contributed by atoms with van der Waals surface area (Å²) in [5.41, 5.74) is 3.50. The third-order valence-electron chi connectivity index (χ3n) is 5.50. The predicted octanol–water partition coefficient (Wildman–Crippen LogP) is 5.10. The molecule has 150 valence electrons. The number of phenolic OH excluding ortho intramolecular Hbond substituents is 1. The minimum Gasteiger partial charge on any atom is -0.504 e. The Morgan fingerprint density at radius 2 is 2.07 bits per heavy atom. The molecule has 3 aromatic rings. The molecule has 29 heavy (non-hydrogen) atoms. The lowest BCUT2D eigenvalue weighted by molar-refractivity contribution is 0.173.